The first-order valence-electron chi connectivity index (χ1n) is 11.2. The van der Waals surface area contributed by atoms with Gasteiger partial charge in [-0.3, -0.25) is 4.79 Å². The van der Waals surface area contributed by atoms with Crippen LogP contribution in [0.2, 0.25) is 10.0 Å². The standard InChI is InChI=1S/C24H24Cl2N6O3S2/c1-24(2,29-37(3,34)35)11-10-15-4-8-20(18(25)12-15)27-22(33)14-36-23-28-30-31-32(23)21-9-7-17(13-19(21)26)16-5-6-16/h4,7-9,12-13,16,29H,5-6,14H2,1-3H3,(H,27,33). The minimum atomic E-state index is -3.41. The number of amides is 1. The minimum Gasteiger partial charge on any atom is -0.324 e. The molecule has 0 spiro atoms. The number of hydrogen-bond donors (Lipinski definition) is 2. The number of sulfonamides is 1. The van der Waals surface area contributed by atoms with E-state index in [0.717, 1.165) is 6.26 Å². The Morgan fingerprint density at radius 3 is 2.59 bits per heavy atom. The van der Waals surface area contributed by atoms with E-state index in [0.29, 0.717) is 38.1 Å². The molecule has 1 aromatic heterocycles. The second-order valence-electron chi connectivity index (χ2n) is 9.14. The van der Waals surface area contributed by atoms with Crippen molar-refractivity contribution in [2.45, 2.75) is 43.3 Å². The van der Waals surface area contributed by atoms with Gasteiger partial charge >= 0.3 is 0 Å². The van der Waals surface area contributed by atoms with Gasteiger partial charge in [0.2, 0.25) is 21.1 Å². The van der Waals surface area contributed by atoms with Crippen LogP contribution in [-0.2, 0) is 14.8 Å². The van der Waals surface area contributed by atoms with Crippen LogP contribution in [0.4, 0.5) is 5.69 Å². The fraction of sp³-hybridized carbons (Fsp3) is 0.333. The van der Waals surface area contributed by atoms with E-state index in [1.807, 2.05) is 18.2 Å². The summed E-state index contributed by atoms with van der Waals surface area (Å²) in [6.07, 6.45) is 3.43. The van der Waals surface area contributed by atoms with Gasteiger partial charge in [0.25, 0.3) is 0 Å². The lowest BCUT2D eigenvalue weighted by Gasteiger charge is -2.17. The summed E-state index contributed by atoms with van der Waals surface area (Å²) in [5.74, 6) is 6.09. The van der Waals surface area contributed by atoms with E-state index in [1.165, 1.54) is 34.8 Å². The predicted octanol–water partition coefficient (Wildman–Crippen LogP) is 4.26. The highest BCUT2D eigenvalue weighted by molar-refractivity contribution is 7.99. The summed E-state index contributed by atoms with van der Waals surface area (Å²) >= 11 is 14.0. The molecule has 1 heterocycles. The smallest absolute Gasteiger partial charge is 0.234 e. The molecule has 1 amide bonds. The van der Waals surface area contributed by atoms with Crippen molar-refractivity contribution in [3.05, 3.63) is 57.6 Å². The Morgan fingerprint density at radius 1 is 1.19 bits per heavy atom. The number of carbonyl (C=O) groups is 1. The summed E-state index contributed by atoms with van der Waals surface area (Å²) in [6, 6.07) is 10.8. The number of tetrazole rings is 1. The van der Waals surface area contributed by atoms with E-state index in [2.05, 4.69) is 37.4 Å². The maximum Gasteiger partial charge on any atom is 0.234 e. The topological polar surface area (TPSA) is 119 Å². The molecule has 4 rings (SSSR count). The van der Waals surface area contributed by atoms with Gasteiger partial charge in [-0.05, 0) is 78.9 Å². The van der Waals surface area contributed by atoms with Crippen LogP contribution in [0.15, 0.2) is 41.6 Å². The Kier molecular flexibility index (Phi) is 8.16. The molecule has 0 atom stereocenters. The lowest BCUT2D eigenvalue weighted by molar-refractivity contribution is -0.113. The fourth-order valence-electron chi connectivity index (χ4n) is 3.51. The fourth-order valence-corrected chi connectivity index (χ4v) is 5.67. The Bertz CT molecular complexity index is 1510. The van der Waals surface area contributed by atoms with Crippen LogP contribution in [-0.4, -0.2) is 52.1 Å². The van der Waals surface area contributed by atoms with Crippen LogP contribution < -0.4 is 10.0 Å². The largest absolute Gasteiger partial charge is 0.324 e. The molecule has 0 unspecified atom stereocenters. The summed E-state index contributed by atoms with van der Waals surface area (Å²) in [6.45, 7) is 3.31. The van der Waals surface area contributed by atoms with Gasteiger partial charge in [-0.2, -0.15) is 9.40 Å². The number of halogens is 2. The monoisotopic (exact) mass is 578 g/mol. The van der Waals surface area contributed by atoms with Gasteiger partial charge in [0.05, 0.1) is 39.0 Å². The van der Waals surface area contributed by atoms with Crippen molar-refractivity contribution in [1.29, 1.82) is 0 Å². The molecule has 194 valence electrons. The van der Waals surface area contributed by atoms with Crippen molar-refractivity contribution in [2.75, 3.05) is 17.3 Å². The summed E-state index contributed by atoms with van der Waals surface area (Å²) in [4.78, 5) is 12.6. The van der Waals surface area contributed by atoms with Crippen LogP contribution in [0.1, 0.15) is 43.7 Å². The molecule has 37 heavy (non-hydrogen) atoms. The normalized spacial score (nSPS) is 13.6. The van der Waals surface area contributed by atoms with Crippen LogP contribution in [0.5, 0.6) is 0 Å². The molecule has 1 aliphatic rings. The maximum absolute atomic E-state index is 12.6. The first-order chi connectivity index (χ1) is 17.4. The third kappa shape index (κ3) is 7.69. The second kappa shape index (κ2) is 11.0. The molecule has 0 radical (unpaired) electrons. The molecular formula is C24H24Cl2N6O3S2. The van der Waals surface area contributed by atoms with E-state index in [9.17, 15) is 13.2 Å². The Hall–Kier alpha value is -2.62. The number of nitrogens with one attached hydrogen (secondary N) is 2. The molecular weight excluding hydrogens is 555 g/mol. The van der Waals surface area contributed by atoms with Crippen LogP contribution in [0.3, 0.4) is 0 Å². The van der Waals surface area contributed by atoms with Gasteiger partial charge in [-0.1, -0.05) is 52.9 Å². The van der Waals surface area contributed by atoms with Crippen molar-refractivity contribution >= 4 is 56.6 Å². The average molecular weight is 580 g/mol. The van der Waals surface area contributed by atoms with Gasteiger partial charge in [0.15, 0.2) is 0 Å². The minimum absolute atomic E-state index is 0.0430. The molecule has 0 saturated heterocycles. The number of hydrogen-bond acceptors (Lipinski definition) is 7. The first-order valence-corrected chi connectivity index (χ1v) is 14.9. The van der Waals surface area contributed by atoms with Gasteiger partial charge in [0.1, 0.15) is 0 Å². The number of rotatable bonds is 8. The maximum atomic E-state index is 12.6. The van der Waals surface area contributed by atoms with E-state index < -0.39 is 15.6 Å². The summed E-state index contributed by atoms with van der Waals surface area (Å²) in [5.41, 5.74) is 1.89. The highest BCUT2D eigenvalue weighted by Crippen LogP contribution is 2.41. The number of aromatic nitrogens is 4. The van der Waals surface area contributed by atoms with Gasteiger partial charge < -0.3 is 5.32 Å². The lowest BCUT2D eigenvalue weighted by atomic mass is 10.1. The van der Waals surface area contributed by atoms with Crippen molar-refractivity contribution in [3.63, 3.8) is 0 Å². The van der Waals surface area contributed by atoms with E-state index in [4.69, 9.17) is 23.2 Å². The van der Waals surface area contributed by atoms with E-state index >= 15 is 0 Å². The number of thioether (sulfide) groups is 1. The summed E-state index contributed by atoms with van der Waals surface area (Å²) < 4.78 is 26.9. The molecule has 9 nitrogen and oxygen atoms in total. The zero-order valence-electron chi connectivity index (χ0n) is 20.2. The van der Waals surface area contributed by atoms with Crippen molar-refractivity contribution in [1.82, 2.24) is 24.9 Å². The highest BCUT2D eigenvalue weighted by atomic mass is 35.5. The van der Waals surface area contributed by atoms with E-state index in [1.54, 1.807) is 32.0 Å². The van der Waals surface area contributed by atoms with Crippen LogP contribution in [0, 0.1) is 11.8 Å². The Morgan fingerprint density at radius 2 is 1.95 bits per heavy atom. The van der Waals surface area contributed by atoms with Gasteiger partial charge in [-0.25, -0.2) is 8.42 Å². The van der Waals surface area contributed by atoms with Crippen molar-refractivity contribution in [3.8, 4) is 17.5 Å². The molecule has 0 aliphatic heterocycles. The van der Waals surface area contributed by atoms with Crippen molar-refractivity contribution < 1.29 is 13.2 Å². The van der Waals surface area contributed by atoms with Gasteiger partial charge in [-0.15, -0.1) is 5.10 Å². The molecule has 2 aromatic carbocycles. The molecule has 0 bridgehead atoms. The summed E-state index contributed by atoms with van der Waals surface area (Å²) in [7, 11) is -3.41. The number of carbonyl (C=O) groups excluding carboxylic acids is 1. The Balaban J connectivity index is 1.38. The third-order valence-corrected chi connectivity index (χ3v) is 7.64. The average Bonchev–Trinajstić information content (AvgIpc) is 3.55. The Labute approximate surface area is 229 Å². The zero-order valence-corrected chi connectivity index (χ0v) is 23.4. The number of anilines is 1. The predicted molar refractivity (Wildman–Crippen MR) is 146 cm³/mol. The zero-order chi connectivity index (χ0) is 26.8. The number of nitrogens with zero attached hydrogens (tertiary/aromatic N) is 4. The van der Waals surface area contributed by atoms with Crippen LogP contribution >= 0.6 is 35.0 Å². The quantitative estimate of drug-likeness (QED) is 0.303. The summed E-state index contributed by atoms with van der Waals surface area (Å²) in [5, 5.41) is 15.8. The van der Waals surface area contributed by atoms with Crippen LogP contribution in [0.25, 0.3) is 5.69 Å². The highest BCUT2D eigenvalue weighted by Gasteiger charge is 2.24. The molecule has 1 aliphatic carbocycles. The van der Waals surface area contributed by atoms with Gasteiger partial charge in [0, 0.05) is 5.56 Å². The SMILES string of the molecule is CC(C)(C#Cc1ccc(NC(=O)CSc2nnnn2-c2ccc(C3CC3)cc2Cl)c(Cl)c1)NS(C)(=O)=O. The van der Waals surface area contributed by atoms with Crippen molar-refractivity contribution in [2.24, 2.45) is 0 Å². The lowest BCUT2D eigenvalue weighted by Crippen LogP contribution is -2.41. The van der Waals surface area contributed by atoms with E-state index in [-0.39, 0.29) is 11.7 Å². The third-order valence-electron chi connectivity index (χ3n) is 5.23. The number of benzene rings is 2. The first kappa shape index (κ1) is 27.4. The molecule has 2 N–H and O–H groups in total. The molecule has 3 aromatic rings. The molecule has 13 heteroatoms. The molecule has 1 fully saturated rings. The second-order valence-corrected chi connectivity index (χ2v) is 12.6. The molecule has 1 saturated carbocycles.